The van der Waals surface area contributed by atoms with Crippen LogP contribution in [-0.4, -0.2) is 32.4 Å². The molecule has 6 nitrogen and oxygen atoms in total. The maximum Gasteiger partial charge on any atom is 0.387 e. The number of nitrogens with zero attached hydrogens (tertiary/aromatic N) is 1. The van der Waals surface area contributed by atoms with Crippen molar-refractivity contribution in [3.63, 3.8) is 0 Å². The molecule has 0 heterocycles. The van der Waals surface area contributed by atoms with Crippen LogP contribution >= 0.6 is 0 Å². The van der Waals surface area contributed by atoms with Crippen LogP contribution in [0.1, 0.15) is 5.56 Å². The number of methoxy groups -OCH3 is 1. The molecule has 0 saturated heterocycles. The van der Waals surface area contributed by atoms with Crippen molar-refractivity contribution in [2.75, 3.05) is 19.0 Å². The Labute approximate surface area is 143 Å². The number of halogens is 2. The van der Waals surface area contributed by atoms with Crippen LogP contribution in [-0.2, 0) is 4.79 Å². The van der Waals surface area contributed by atoms with Gasteiger partial charge in [-0.15, -0.1) is 0 Å². The zero-order valence-corrected chi connectivity index (χ0v) is 13.4. The molecule has 0 radical (unpaired) electrons. The Hall–Kier alpha value is -3.16. The minimum atomic E-state index is -3.01. The third kappa shape index (κ3) is 5.76. The van der Waals surface area contributed by atoms with Gasteiger partial charge >= 0.3 is 6.61 Å². The smallest absolute Gasteiger partial charge is 0.387 e. The van der Waals surface area contributed by atoms with Gasteiger partial charge in [0.2, 0.25) is 0 Å². The number of ether oxygens (including phenoxy) is 2. The molecule has 0 aromatic heterocycles. The van der Waals surface area contributed by atoms with Gasteiger partial charge in [-0.1, -0.05) is 24.3 Å². The molecule has 2 aromatic rings. The molecule has 1 amide bonds. The van der Waals surface area contributed by atoms with Crippen molar-refractivity contribution >= 4 is 17.8 Å². The highest BCUT2D eigenvalue weighted by atomic mass is 19.3. The van der Waals surface area contributed by atoms with E-state index in [1.807, 2.05) is 30.3 Å². The van der Waals surface area contributed by atoms with E-state index >= 15 is 0 Å². The van der Waals surface area contributed by atoms with E-state index in [-0.39, 0.29) is 29.5 Å². The monoisotopic (exact) mass is 349 g/mol. The summed E-state index contributed by atoms with van der Waals surface area (Å²) in [6.45, 7) is -2.99. The highest BCUT2D eigenvalue weighted by Gasteiger charge is 2.14. The predicted molar refractivity (Wildman–Crippen MR) is 90.3 cm³/mol. The summed E-state index contributed by atoms with van der Waals surface area (Å²) in [5, 5.41) is 6.67. The van der Waals surface area contributed by atoms with Gasteiger partial charge in [0.1, 0.15) is 0 Å². The van der Waals surface area contributed by atoms with Gasteiger partial charge in [-0.25, -0.2) is 5.43 Å². The molecule has 0 saturated carbocycles. The number of carbonyl (C=O) groups excluding carboxylic acids is 1. The van der Waals surface area contributed by atoms with Gasteiger partial charge < -0.3 is 14.8 Å². The molecular weight excluding hydrogens is 332 g/mol. The Morgan fingerprint density at radius 2 is 1.96 bits per heavy atom. The Bertz CT molecular complexity index is 724. The normalized spacial score (nSPS) is 10.7. The molecule has 0 fully saturated rings. The quantitative estimate of drug-likeness (QED) is 0.568. The second-order valence-corrected chi connectivity index (χ2v) is 4.77. The lowest BCUT2D eigenvalue weighted by Gasteiger charge is -2.12. The summed E-state index contributed by atoms with van der Waals surface area (Å²) < 4.78 is 34.5. The molecule has 0 spiro atoms. The fraction of sp³-hybridized carbons (Fsp3) is 0.176. The van der Waals surface area contributed by atoms with E-state index in [9.17, 15) is 13.6 Å². The highest BCUT2D eigenvalue weighted by molar-refractivity contribution is 5.87. The first-order chi connectivity index (χ1) is 12.1. The maximum absolute atomic E-state index is 12.5. The molecule has 0 aliphatic carbocycles. The number of benzene rings is 2. The van der Waals surface area contributed by atoms with E-state index in [2.05, 4.69) is 20.6 Å². The number of hydrazone groups is 1. The average molecular weight is 349 g/mol. The third-order valence-electron chi connectivity index (χ3n) is 3.06. The SMILES string of the molecule is COc1cccc(/C=N\NC(=O)CNc2ccccc2)c1OC(F)F. The second kappa shape index (κ2) is 9.21. The molecule has 2 aromatic carbocycles. The Morgan fingerprint density at radius 1 is 1.20 bits per heavy atom. The zero-order valence-electron chi connectivity index (χ0n) is 13.4. The van der Waals surface area contributed by atoms with Crippen molar-refractivity contribution in [2.45, 2.75) is 6.61 Å². The van der Waals surface area contributed by atoms with E-state index in [1.165, 1.54) is 25.5 Å². The molecule has 0 atom stereocenters. The van der Waals surface area contributed by atoms with Crippen LogP contribution in [0, 0.1) is 0 Å². The van der Waals surface area contributed by atoms with Crippen LogP contribution in [0.15, 0.2) is 53.6 Å². The van der Waals surface area contributed by atoms with E-state index < -0.39 is 6.61 Å². The topological polar surface area (TPSA) is 72.0 Å². The van der Waals surface area contributed by atoms with Gasteiger partial charge in [0.05, 0.1) is 19.9 Å². The highest BCUT2D eigenvalue weighted by Crippen LogP contribution is 2.31. The molecule has 132 valence electrons. The number of para-hydroxylation sites is 2. The van der Waals surface area contributed by atoms with Crippen LogP contribution in [0.3, 0.4) is 0 Å². The lowest BCUT2D eigenvalue weighted by atomic mass is 10.2. The lowest BCUT2D eigenvalue weighted by Crippen LogP contribution is -2.25. The van der Waals surface area contributed by atoms with Gasteiger partial charge in [-0.05, 0) is 24.3 Å². The van der Waals surface area contributed by atoms with Gasteiger partial charge in [-0.2, -0.15) is 13.9 Å². The Balaban J connectivity index is 1.95. The molecular formula is C17H17F2N3O3. The van der Waals surface area contributed by atoms with E-state index in [0.29, 0.717) is 0 Å². The first kappa shape index (κ1) is 18.2. The first-order valence-corrected chi connectivity index (χ1v) is 7.33. The van der Waals surface area contributed by atoms with E-state index in [1.54, 1.807) is 6.07 Å². The van der Waals surface area contributed by atoms with Crippen LogP contribution in [0.25, 0.3) is 0 Å². The van der Waals surface area contributed by atoms with Crippen molar-refractivity contribution in [3.8, 4) is 11.5 Å². The Morgan fingerprint density at radius 3 is 2.64 bits per heavy atom. The molecule has 0 aliphatic rings. The minimum Gasteiger partial charge on any atom is -0.493 e. The van der Waals surface area contributed by atoms with Crippen molar-refractivity contribution in [1.29, 1.82) is 0 Å². The number of hydrogen-bond acceptors (Lipinski definition) is 5. The molecule has 25 heavy (non-hydrogen) atoms. The number of rotatable bonds is 8. The number of alkyl halides is 2. The maximum atomic E-state index is 12.5. The summed E-state index contributed by atoms with van der Waals surface area (Å²) >= 11 is 0. The van der Waals surface area contributed by atoms with Crippen molar-refractivity contribution in [1.82, 2.24) is 5.43 Å². The number of anilines is 1. The summed E-state index contributed by atoms with van der Waals surface area (Å²) in [5.41, 5.74) is 3.34. The third-order valence-corrected chi connectivity index (χ3v) is 3.06. The molecule has 2 N–H and O–H groups in total. The molecule has 2 rings (SSSR count). The zero-order chi connectivity index (χ0) is 18.1. The Kier molecular flexibility index (Phi) is 6.70. The molecule has 0 bridgehead atoms. The van der Waals surface area contributed by atoms with E-state index in [4.69, 9.17) is 4.74 Å². The van der Waals surface area contributed by atoms with Crippen molar-refractivity contribution in [2.24, 2.45) is 5.10 Å². The summed E-state index contributed by atoms with van der Waals surface area (Å²) in [5.74, 6) is -0.402. The number of carbonyl (C=O) groups is 1. The lowest BCUT2D eigenvalue weighted by molar-refractivity contribution is -0.119. The molecule has 0 unspecified atom stereocenters. The van der Waals surface area contributed by atoms with Crippen molar-refractivity contribution < 1.29 is 23.0 Å². The van der Waals surface area contributed by atoms with Crippen LogP contribution in [0.5, 0.6) is 11.5 Å². The number of amides is 1. The fourth-order valence-electron chi connectivity index (χ4n) is 1.96. The van der Waals surface area contributed by atoms with Crippen LogP contribution < -0.4 is 20.2 Å². The van der Waals surface area contributed by atoms with Gasteiger partial charge in [-0.3, -0.25) is 4.79 Å². The second-order valence-electron chi connectivity index (χ2n) is 4.77. The first-order valence-electron chi connectivity index (χ1n) is 7.33. The summed E-state index contributed by atoms with van der Waals surface area (Å²) in [6.07, 6.45) is 1.21. The van der Waals surface area contributed by atoms with Gasteiger partial charge in [0.25, 0.3) is 5.91 Å². The number of nitrogens with one attached hydrogen (secondary N) is 2. The minimum absolute atomic E-state index is 0.0137. The standard InChI is InChI=1S/C17H17F2N3O3/c1-24-14-9-5-6-12(16(14)25-17(18)19)10-21-22-15(23)11-20-13-7-3-2-4-8-13/h2-10,17,20H,11H2,1H3,(H,22,23)/b21-10-. The molecule has 8 heteroatoms. The predicted octanol–water partition coefficient (Wildman–Crippen LogP) is 2.86. The van der Waals surface area contributed by atoms with Crippen LogP contribution in [0.4, 0.5) is 14.5 Å². The summed E-state index contributed by atoms with van der Waals surface area (Å²) in [4.78, 5) is 11.7. The fourth-order valence-corrected chi connectivity index (χ4v) is 1.96. The van der Waals surface area contributed by atoms with Crippen molar-refractivity contribution in [3.05, 3.63) is 54.1 Å². The van der Waals surface area contributed by atoms with Crippen LogP contribution in [0.2, 0.25) is 0 Å². The van der Waals surface area contributed by atoms with Gasteiger partial charge in [0.15, 0.2) is 11.5 Å². The van der Waals surface area contributed by atoms with E-state index in [0.717, 1.165) is 5.69 Å². The number of hydrogen-bond donors (Lipinski definition) is 2. The summed E-state index contributed by atoms with van der Waals surface area (Å²) in [7, 11) is 1.34. The molecule has 0 aliphatic heterocycles. The van der Waals surface area contributed by atoms with Gasteiger partial charge in [0, 0.05) is 11.3 Å². The largest absolute Gasteiger partial charge is 0.493 e. The average Bonchev–Trinajstić information content (AvgIpc) is 2.61. The summed E-state index contributed by atoms with van der Waals surface area (Å²) in [6, 6.07) is 13.8.